The Labute approximate surface area is 92.5 Å². The summed E-state index contributed by atoms with van der Waals surface area (Å²) in [6.07, 6.45) is 1.56. The van der Waals surface area contributed by atoms with Gasteiger partial charge in [0.15, 0.2) is 0 Å². The van der Waals surface area contributed by atoms with Crippen LogP contribution >= 0.6 is 11.8 Å². The van der Waals surface area contributed by atoms with Gasteiger partial charge in [0.2, 0.25) is 0 Å². The normalized spacial score (nSPS) is 10.5. The zero-order chi connectivity index (χ0) is 10.7. The Hall–Kier alpha value is -1.49. The Balaban J connectivity index is 2.06. The van der Waals surface area contributed by atoms with E-state index in [1.807, 2.05) is 31.3 Å². The lowest BCUT2D eigenvalue weighted by Crippen LogP contribution is -1.97. The highest BCUT2D eigenvalue weighted by Crippen LogP contribution is 2.26. The topological polar surface area (TPSA) is 56.7 Å². The van der Waals surface area contributed by atoms with Crippen LogP contribution in [0.5, 0.6) is 0 Å². The van der Waals surface area contributed by atoms with Crippen molar-refractivity contribution in [2.24, 2.45) is 7.05 Å². The van der Waals surface area contributed by atoms with Crippen LogP contribution < -0.4 is 5.73 Å². The van der Waals surface area contributed by atoms with E-state index in [9.17, 15) is 0 Å². The number of nitrogens with zero attached hydrogens (tertiary/aromatic N) is 3. The Morgan fingerprint density at radius 1 is 1.40 bits per heavy atom. The molecule has 78 valence electrons. The maximum Gasteiger partial charge on any atom is 0.138 e. The molecule has 0 aliphatic carbocycles. The van der Waals surface area contributed by atoms with Crippen LogP contribution in [0.4, 0.5) is 5.69 Å². The standard InChI is InChI=1S/C10H12N4S/c1-14-10(12-7-13-14)6-15-9-5-3-2-4-8(9)11/h2-5,7H,6,11H2,1H3. The maximum atomic E-state index is 5.83. The van der Waals surface area contributed by atoms with E-state index >= 15 is 0 Å². The fraction of sp³-hybridized carbons (Fsp3) is 0.200. The van der Waals surface area contributed by atoms with E-state index in [0.29, 0.717) is 0 Å². The molecule has 0 aliphatic rings. The van der Waals surface area contributed by atoms with E-state index < -0.39 is 0 Å². The number of nitrogen functional groups attached to an aromatic ring is 1. The van der Waals surface area contributed by atoms with Crippen molar-refractivity contribution in [3.63, 3.8) is 0 Å². The summed E-state index contributed by atoms with van der Waals surface area (Å²) in [6.45, 7) is 0. The lowest BCUT2D eigenvalue weighted by molar-refractivity contribution is 0.730. The van der Waals surface area contributed by atoms with Crippen LogP contribution in [0.15, 0.2) is 35.5 Å². The van der Waals surface area contributed by atoms with Gasteiger partial charge in [0.25, 0.3) is 0 Å². The van der Waals surface area contributed by atoms with Crippen molar-refractivity contribution in [3.05, 3.63) is 36.4 Å². The van der Waals surface area contributed by atoms with Gasteiger partial charge in [-0.25, -0.2) is 4.98 Å². The predicted octanol–water partition coefficient (Wildman–Crippen LogP) is 1.69. The smallest absolute Gasteiger partial charge is 0.138 e. The quantitative estimate of drug-likeness (QED) is 0.631. The summed E-state index contributed by atoms with van der Waals surface area (Å²) in [5, 5.41) is 4.01. The van der Waals surface area contributed by atoms with Gasteiger partial charge in [-0.3, -0.25) is 4.68 Å². The first kappa shape index (κ1) is 10.0. The van der Waals surface area contributed by atoms with Crippen molar-refractivity contribution < 1.29 is 0 Å². The number of aryl methyl sites for hydroxylation is 1. The number of aromatic nitrogens is 3. The van der Waals surface area contributed by atoms with Crippen LogP contribution in [0.2, 0.25) is 0 Å². The lowest BCUT2D eigenvalue weighted by atomic mass is 10.3. The summed E-state index contributed by atoms with van der Waals surface area (Å²) < 4.78 is 1.77. The number of benzene rings is 1. The van der Waals surface area contributed by atoms with E-state index in [1.165, 1.54) is 0 Å². The van der Waals surface area contributed by atoms with Gasteiger partial charge in [0.05, 0.1) is 5.75 Å². The van der Waals surface area contributed by atoms with Gasteiger partial charge in [0.1, 0.15) is 12.2 Å². The summed E-state index contributed by atoms with van der Waals surface area (Å²) in [5.74, 6) is 1.73. The van der Waals surface area contributed by atoms with Crippen molar-refractivity contribution >= 4 is 17.4 Å². The van der Waals surface area contributed by atoms with E-state index in [2.05, 4.69) is 10.1 Å². The number of nitrogens with two attached hydrogens (primary N) is 1. The van der Waals surface area contributed by atoms with Crippen molar-refractivity contribution in [1.29, 1.82) is 0 Å². The van der Waals surface area contributed by atoms with Crippen molar-refractivity contribution in [2.75, 3.05) is 5.73 Å². The molecule has 0 saturated carbocycles. The van der Waals surface area contributed by atoms with E-state index in [4.69, 9.17) is 5.73 Å². The molecule has 0 bridgehead atoms. The van der Waals surface area contributed by atoms with Gasteiger partial charge < -0.3 is 5.73 Å². The van der Waals surface area contributed by atoms with Gasteiger partial charge in [-0.05, 0) is 12.1 Å². The maximum absolute atomic E-state index is 5.83. The zero-order valence-electron chi connectivity index (χ0n) is 8.42. The monoisotopic (exact) mass is 220 g/mol. The minimum absolute atomic E-state index is 0.782. The molecule has 1 aromatic carbocycles. The molecule has 4 nitrogen and oxygen atoms in total. The minimum atomic E-state index is 0.782. The fourth-order valence-corrected chi connectivity index (χ4v) is 2.16. The minimum Gasteiger partial charge on any atom is -0.398 e. The molecule has 0 radical (unpaired) electrons. The lowest BCUT2D eigenvalue weighted by Gasteiger charge is -2.03. The van der Waals surface area contributed by atoms with Crippen molar-refractivity contribution in [3.8, 4) is 0 Å². The van der Waals surface area contributed by atoms with Gasteiger partial charge in [-0.15, -0.1) is 11.8 Å². The second kappa shape index (κ2) is 4.35. The SMILES string of the molecule is Cn1ncnc1CSc1ccccc1N. The molecular formula is C10H12N4S. The summed E-state index contributed by atoms with van der Waals surface area (Å²) in [7, 11) is 1.89. The summed E-state index contributed by atoms with van der Waals surface area (Å²) in [5.41, 5.74) is 6.64. The summed E-state index contributed by atoms with van der Waals surface area (Å²) >= 11 is 1.67. The summed E-state index contributed by atoms with van der Waals surface area (Å²) in [6, 6.07) is 7.83. The van der Waals surface area contributed by atoms with Crippen molar-refractivity contribution in [2.45, 2.75) is 10.6 Å². The molecule has 0 spiro atoms. The van der Waals surface area contributed by atoms with Crippen LogP contribution in [0, 0.1) is 0 Å². The second-order valence-corrected chi connectivity index (χ2v) is 4.14. The first-order valence-electron chi connectivity index (χ1n) is 4.57. The molecule has 15 heavy (non-hydrogen) atoms. The Bertz CT molecular complexity index is 452. The Morgan fingerprint density at radius 2 is 2.20 bits per heavy atom. The highest BCUT2D eigenvalue weighted by Gasteiger charge is 2.03. The van der Waals surface area contributed by atoms with Crippen LogP contribution in [-0.2, 0) is 12.8 Å². The number of rotatable bonds is 3. The molecule has 2 N–H and O–H groups in total. The molecule has 5 heteroatoms. The molecule has 0 fully saturated rings. The molecule has 0 unspecified atom stereocenters. The van der Waals surface area contributed by atoms with Gasteiger partial charge in [-0.1, -0.05) is 12.1 Å². The molecule has 0 aliphatic heterocycles. The van der Waals surface area contributed by atoms with Crippen molar-refractivity contribution in [1.82, 2.24) is 14.8 Å². The van der Waals surface area contributed by atoms with Gasteiger partial charge in [0, 0.05) is 17.6 Å². The van der Waals surface area contributed by atoms with Crippen LogP contribution in [0.3, 0.4) is 0 Å². The summed E-state index contributed by atoms with van der Waals surface area (Å²) in [4.78, 5) is 5.23. The Kier molecular flexibility index (Phi) is 2.91. The van der Waals surface area contributed by atoms with Crippen LogP contribution in [0.1, 0.15) is 5.82 Å². The fourth-order valence-electron chi connectivity index (χ4n) is 1.21. The molecule has 0 atom stereocenters. The molecule has 0 saturated heterocycles. The highest BCUT2D eigenvalue weighted by atomic mass is 32.2. The molecule has 0 amide bonds. The zero-order valence-corrected chi connectivity index (χ0v) is 9.24. The number of para-hydroxylation sites is 1. The number of hydrogen-bond acceptors (Lipinski definition) is 4. The third-order valence-corrected chi connectivity index (χ3v) is 3.17. The molecule has 1 heterocycles. The molecular weight excluding hydrogens is 208 g/mol. The predicted molar refractivity (Wildman–Crippen MR) is 61.4 cm³/mol. The van der Waals surface area contributed by atoms with E-state index in [-0.39, 0.29) is 0 Å². The third kappa shape index (κ3) is 2.30. The highest BCUT2D eigenvalue weighted by molar-refractivity contribution is 7.98. The average molecular weight is 220 g/mol. The van der Waals surface area contributed by atoms with Gasteiger partial charge >= 0.3 is 0 Å². The third-order valence-electron chi connectivity index (χ3n) is 2.08. The Morgan fingerprint density at radius 3 is 2.87 bits per heavy atom. The molecule has 2 aromatic rings. The van der Waals surface area contributed by atoms with Gasteiger partial charge in [-0.2, -0.15) is 5.10 Å². The first-order valence-corrected chi connectivity index (χ1v) is 5.56. The molecule has 1 aromatic heterocycles. The van der Waals surface area contributed by atoms with Crippen LogP contribution in [-0.4, -0.2) is 14.8 Å². The number of hydrogen-bond donors (Lipinski definition) is 1. The number of thioether (sulfide) groups is 1. The average Bonchev–Trinajstić information content (AvgIpc) is 2.63. The van der Waals surface area contributed by atoms with E-state index in [0.717, 1.165) is 22.2 Å². The molecule has 2 rings (SSSR count). The largest absolute Gasteiger partial charge is 0.398 e. The first-order chi connectivity index (χ1) is 7.27. The van der Waals surface area contributed by atoms with Crippen LogP contribution in [0.25, 0.3) is 0 Å². The van der Waals surface area contributed by atoms with E-state index in [1.54, 1.807) is 22.8 Å². The number of anilines is 1. The second-order valence-electron chi connectivity index (χ2n) is 3.13.